The number of nitrogens with one attached hydrogen (secondary N) is 2. The van der Waals surface area contributed by atoms with E-state index in [4.69, 9.17) is 0 Å². The minimum atomic E-state index is -0.578. The first-order chi connectivity index (χ1) is 14.2. The van der Waals surface area contributed by atoms with Gasteiger partial charge in [0.1, 0.15) is 0 Å². The topological polar surface area (TPSA) is 106 Å². The molecule has 0 aliphatic carbocycles. The zero-order valence-electron chi connectivity index (χ0n) is 15.5. The van der Waals surface area contributed by atoms with Crippen molar-refractivity contribution in [3.63, 3.8) is 0 Å². The summed E-state index contributed by atoms with van der Waals surface area (Å²) in [6.45, 7) is 0. The van der Waals surface area contributed by atoms with Gasteiger partial charge in [-0.2, -0.15) is 5.10 Å². The van der Waals surface area contributed by atoms with Crippen molar-refractivity contribution in [1.29, 1.82) is 0 Å². The van der Waals surface area contributed by atoms with Gasteiger partial charge >= 0.3 is 5.76 Å². The predicted molar refractivity (Wildman–Crippen MR) is 108 cm³/mol. The van der Waals surface area contributed by atoms with Crippen molar-refractivity contribution in [3.8, 4) is 17.1 Å². The SMILES string of the molecule is O=C(CCCc1ccc(-c2noc(=O)[nH]2)cc1)Nc1ccc(-n2cccn2)cc1. The van der Waals surface area contributed by atoms with Crippen molar-refractivity contribution in [2.45, 2.75) is 19.3 Å². The standard InChI is InChI=1S/C21H19N5O3/c27-19(23-17-9-11-18(12-10-17)26-14-2-13-22-26)4-1-3-15-5-7-16(8-6-15)20-24-21(28)29-25-20/h2,5-14H,1,3-4H2,(H,23,27)(H,24,25,28). The summed E-state index contributed by atoms with van der Waals surface area (Å²) in [5.74, 6) is -0.195. The molecule has 2 aromatic heterocycles. The highest BCUT2D eigenvalue weighted by molar-refractivity contribution is 5.90. The highest BCUT2D eigenvalue weighted by Gasteiger charge is 2.06. The Kier molecular flexibility index (Phi) is 5.33. The fourth-order valence-corrected chi connectivity index (χ4v) is 2.98. The number of hydrogen-bond donors (Lipinski definition) is 2. The largest absolute Gasteiger partial charge is 0.439 e. The van der Waals surface area contributed by atoms with Gasteiger partial charge in [0.2, 0.25) is 5.91 Å². The molecule has 29 heavy (non-hydrogen) atoms. The number of carbonyl (C=O) groups excluding carboxylic acids is 1. The monoisotopic (exact) mass is 389 g/mol. The van der Waals surface area contributed by atoms with E-state index in [1.807, 2.05) is 60.8 Å². The Morgan fingerprint density at radius 2 is 1.90 bits per heavy atom. The number of aromatic amines is 1. The van der Waals surface area contributed by atoms with Crippen molar-refractivity contribution < 1.29 is 9.32 Å². The Hall–Kier alpha value is -3.94. The van der Waals surface area contributed by atoms with Gasteiger partial charge in [0.05, 0.1) is 5.69 Å². The van der Waals surface area contributed by atoms with Gasteiger partial charge in [-0.1, -0.05) is 29.4 Å². The third kappa shape index (κ3) is 4.67. The van der Waals surface area contributed by atoms with Gasteiger partial charge < -0.3 is 5.32 Å². The minimum Gasteiger partial charge on any atom is -0.326 e. The van der Waals surface area contributed by atoms with Crippen LogP contribution in [0.1, 0.15) is 18.4 Å². The van der Waals surface area contributed by atoms with Crippen LogP contribution in [0, 0.1) is 0 Å². The molecule has 0 radical (unpaired) electrons. The molecule has 0 bridgehead atoms. The van der Waals surface area contributed by atoms with Gasteiger partial charge in [-0.25, -0.2) is 9.48 Å². The summed E-state index contributed by atoms with van der Waals surface area (Å²) in [5.41, 5.74) is 3.58. The van der Waals surface area contributed by atoms with Crippen molar-refractivity contribution in [2.24, 2.45) is 0 Å². The molecule has 8 nitrogen and oxygen atoms in total. The first-order valence-electron chi connectivity index (χ1n) is 9.23. The maximum atomic E-state index is 12.2. The molecule has 0 aliphatic rings. The normalized spacial score (nSPS) is 10.8. The van der Waals surface area contributed by atoms with E-state index < -0.39 is 5.76 Å². The molecule has 0 unspecified atom stereocenters. The smallest absolute Gasteiger partial charge is 0.326 e. The molecule has 0 atom stereocenters. The summed E-state index contributed by atoms with van der Waals surface area (Å²) in [6.07, 6.45) is 5.53. The van der Waals surface area contributed by atoms with E-state index in [0.717, 1.165) is 35.3 Å². The van der Waals surface area contributed by atoms with E-state index in [1.54, 1.807) is 10.9 Å². The average molecular weight is 389 g/mol. The fraction of sp³-hybridized carbons (Fsp3) is 0.143. The number of aryl methyl sites for hydroxylation is 1. The Labute approximate surface area is 166 Å². The van der Waals surface area contributed by atoms with Gasteiger partial charge in [0.15, 0.2) is 5.82 Å². The Balaban J connectivity index is 1.25. The highest BCUT2D eigenvalue weighted by atomic mass is 16.5. The number of benzene rings is 2. The van der Waals surface area contributed by atoms with Gasteiger partial charge in [0.25, 0.3) is 0 Å². The van der Waals surface area contributed by atoms with Crippen LogP contribution in [0.5, 0.6) is 0 Å². The summed E-state index contributed by atoms with van der Waals surface area (Å²) in [4.78, 5) is 25.7. The highest BCUT2D eigenvalue weighted by Crippen LogP contribution is 2.16. The summed E-state index contributed by atoms with van der Waals surface area (Å²) in [5, 5.41) is 10.7. The summed E-state index contributed by atoms with van der Waals surface area (Å²) in [7, 11) is 0. The molecule has 0 saturated heterocycles. The molecule has 2 aromatic carbocycles. The zero-order valence-corrected chi connectivity index (χ0v) is 15.5. The first kappa shape index (κ1) is 18.4. The second-order valence-corrected chi connectivity index (χ2v) is 6.54. The Morgan fingerprint density at radius 1 is 1.10 bits per heavy atom. The second-order valence-electron chi connectivity index (χ2n) is 6.54. The van der Waals surface area contributed by atoms with Crippen molar-refractivity contribution in [2.75, 3.05) is 5.32 Å². The van der Waals surface area contributed by atoms with Crippen molar-refractivity contribution >= 4 is 11.6 Å². The zero-order chi connectivity index (χ0) is 20.1. The van der Waals surface area contributed by atoms with E-state index in [9.17, 15) is 9.59 Å². The third-order valence-corrected chi connectivity index (χ3v) is 4.46. The van der Waals surface area contributed by atoms with Gasteiger partial charge in [0, 0.05) is 30.1 Å². The number of amides is 1. The number of carbonyl (C=O) groups is 1. The molecule has 0 saturated carbocycles. The molecular weight excluding hydrogens is 370 g/mol. The van der Waals surface area contributed by atoms with Gasteiger partial charge in [-0.05, 0) is 48.7 Å². The lowest BCUT2D eigenvalue weighted by molar-refractivity contribution is -0.116. The number of nitrogens with zero attached hydrogens (tertiary/aromatic N) is 3. The lowest BCUT2D eigenvalue weighted by Gasteiger charge is -2.07. The molecular formula is C21H19N5O3. The van der Waals surface area contributed by atoms with Gasteiger partial charge in [-0.3, -0.25) is 14.3 Å². The van der Waals surface area contributed by atoms with E-state index in [2.05, 4.69) is 25.1 Å². The predicted octanol–water partition coefficient (Wildman–Crippen LogP) is 3.18. The summed E-state index contributed by atoms with van der Waals surface area (Å²) >= 11 is 0. The molecule has 0 spiro atoms. The minimum absolute atomic E-state index is 0.0198. The van der Waals surface area contributed by atoms with Crippen LogP contribution in [0.25, 0.3) is 17.1 Å². The van der Waals surface area contributed by atoms with E-state index in [1.165, 1.54) is 0 Å². The quantitative estimate of drug-likeness (QED) is 0.505. The number of aromatic nitrogens is 4. The van der Waals surface area contributed by atoms with Crippen LogP contribution in [-0.4, -0.2) is 25.8 Å². The Bertz CT molecular complexity index is 1130. The molecule has 2 heterocycles. The lowest BCUT2D eigenvalue weighted by atomic mass is 10.1. The summed E-state index contributed by atoms with van der Waals surface area (Å²) in [6, 6.07) is 17.0. The second kappa shape index (κ2) is 8.39. The molecule has 4 aromatic rings. The molecule has 0 aliphatic heterocycles. The molecule has 1 amide bonds. The van der Waals surface area contributed by atoms with E-state index in [0.29, 0.717) is 12.2 Å². The van der Waals surface area contributed by atoms with Crippen LogP contribution in [-0.2, 0) is 11.2 Å². The third-order valence-electron chi connectivity index (χ3n) is 4.46. The Morgan fingerprint density at radius 3 is 2.55 bits per heavy atom. The van der Waals surface area contributed by atoms with Crippen LogP contribution in [0.3, 0.4) is 0 Å². The number of rotatable bonds is 7. The fourth-order valence-electron chi connectivity index (χ4n) is 2.98. The van der Waals surface area contributed by atoms with Crippen molar-refractivity contribution in [3.05, 3.63) is 83.1 Å². The molecule has 146 valence electrons. The van der Waals surface area contributed by atoms with Gasteiger partial charge in [-0.15, -0.1) is 0 Å². The van der Waals surface area contributed by atoms with Crippen LogP contribution < -0.4 is 11.1 Å². The van der Waals surface area contributed by atoms with Crippen molar-refractivity contribution in [1.82, 2.24) is 19.9 Å². The first-order valence-corrected chi connectivity index (χ1v) is 9.23. The lowest BCUT2D eigenvalue weighted by Crippen LogP contribution is -2.11. The average Bonchev–Trinajstić information content (AvgIpc) is 3.41. The summed E-state index contributed by atoms with van der Waals surface area (Å²) < 4.78 is 6.27. The van der Waals surface area contributed by atoms with E-state index >= 15 is 0 Å². The van der Waals surface area contributed by atoms with Crippen LogP contribution >= 0.6 is 0 Å². The number of anilines is 1. The maximum Gasteiger partial charge on any atom is 0.439 e. The molecule has 8 heteroatoms. The number of hydrogen-bond acceptors (Lipinski definition) is 5. The van der Waals surface area contributed by atoms with Crippen LogP contribution in [0.15, 0.2) is 76.3 Å². The number of H-pyrrole nitrogens is 1. The van der Waals surface area contributed by atoms with Crippen LogP contribution in [0.4, 0.5) is 5.69 Å². The molecule has 4 rings (SSSR count). The molecule has 0 fully saturated rings. The maximum absolute atomic E-state index is 12.2. The molecule has 2 N–H and O–H groups in total. The van der Waals surface area contributed by atoms with Crippen LogP contribution in [0.2, 0.25) is 0 Å². The van der Waals surface area contributed by atoms with E-state index in [-0.39, 0.29) is 5.91 Å².